The normalized spacial score (nSPS) is 23.3. The summed E-state index contributed by atoms with van der Waals surface area (Å²) in [5.74, 6) is -2.21. The van der Waals surface area contributed by atoms with Gasteiger partial charge in [0, 0.05) is 27.7 Å². The lowest BCUT2D eigenvalue weighted by Crippen LogP contribution is -2.66. The summed E-state index contributed by atoms with van der Waals surface area (Å²) in [6.45, 7) is 7.92. The maximum absolute atomic E-state index is 12.4. The minimum Gasteiger partial charge on any atom is -0.463 e. The highest BCUT2D eigenvalue weighted by Crippen LogP contribution is 2.29. The molecule has 12 nitrogen and oxygen atoms in total. The molecule has 1 heterocycles. The summed E-state index contributed by atoms with van der Waals surface area (Å²) in [5, 5.41) is 1.40. The first-order valence-electron chi connectivity index (χ1n) is 11.6. The van der Waals surface area contributed by atoms with E-state index in [4.69, 9.17) is 28.4 Å². The van der Waals surface area contributed by atoms with Crippen molar-refractivity contribution in [2.75, 3.05) is 13.2 Å². The van der Waals surface area contributed by atoms with Gasteiger partial charge in [-0.05, 0) is 23.9 Å². The minimum absolute atomic E-state index is 0.135. The molecule has 38 heavy (non-hydrogen) atoms. The number of benzene rings is 1. The zero-order valence-corrected chi connectivity index (χ0v) is 22.3. The lowest BCUT2D eigenvalue weighted by Gasteiger charge is -2.45. The highest BCUT2D eigenvalue weighted by molar-refractivity contribution is 8.14. The molecular formula is C25H31NO11S. The molecule has 1 amide bonds. The predicted octanol–water partition coefficient (Wildman–Crippen LogP) is 2.15. The first-order valence-corrected chi connectivity index (χ1v) is 12.5. The Hall–Kier alpha value is -3.42. The zero-order chi connectivity index (χ0) is 28.2. The molecule has 0 radical (unpaired) electrons. The van der Waals surface area contributed by atoms with Crippen LogP contribution in [0.2, 0.25) is 0 Å². The molecule has 13 heteroatoms. The molecule has 1 saturated heterocycles. The lowest BCUT2D eigenvalue weighted by atomic mass is 9.96. The van der Waals surface area contributed by atoms with Crippen LogP contribution in [-0.4, -0.2) is 78.2 Å². The second kappa shape index (κ2) is 15.1. The van der Waals surface area contributed by atoms with Crippen molar-refractivity contribution in [3.8, 4) is 5.75 Å². The summed E-state index contributed by atoms with van der Waals surface area (Å²) in [5.41, 5.74) is 0. The molecule has 1 unspecified atom stereocenters. The number of hydrogen-bond acceptors (Lipinski definition) is 12. The molecular weight excluding hydrogens is 522 g/mol. The van der Waals surface area contributed by atoms with Gasteiger partial charge in [-0.1, -0.05) is 24.3 Å². The third-order valence-corrected chi connectivity index (χ3v) is 5.86. The van der Waals surface area contributed by atoms with Crippen LogP contribution < -0.4 is 10.1 Å². The van der Waals surface area contributed by atoms with Crippen LogP contribution in [-0.2, 0) is 42.9 Å². The van der Waals surface area contributed by atoms with Gasteiger partial charge in [-0.25, -0.2) is 4.79 Å². The SMILES string of the molecule is C=CC(CO[C@@H]1O[C@H](COC(C)=O)[C@@H](OC(C)=O)[C@H](OC(C)=O)[C@H]1NC(C)=O)SC(=O)Oc1ccccc1. The van der Waals surface area contributed by atoms with Crippen LogP contribution in [0.4, 0.5) is 4.79 Å². The molecule has 0 spiro atoms. The number of rotatable bonds is 11. The molecule has 0 saturated carbocycles. The molecule has 2 rings (SSSR count). The van der Waals surface area contributed by atoms with Gasteiger partial charge in [0.05, 0.1) is 11.9 Å². The van der Waals surface area contributed by atoms with Crippen LogP contribution in [0.15, 0.2) is 43.0 Å². The summed E-state index contributed by atoms with van der Waals surface area (Å²) in [4.78, 5) is 59.6. The molecule has 1 fully saturated rings. The van der Waals surface area contributed by atoms with Crippen molar-refractivity contribution in [3.05, 3.63) is 43.0 Å². The van der Waals surface area contributed by atoms with E-state index >= 15 is 0 Å². The number of ether oxygens (including phenoxy) is 6. The Morgan fingerprint density at radius 2 is 1.63 bits per heavy atom. The minimum atomic E-state index is -1.26. The molecule has 208 valence electrons. The molecule has 1 aromatic rings. The molecule has 1 aliphatic heterocycles. The van der Waals surface area contributed by atoms with Gasteiger partial charge in [0.25, 0.3) is 0 Å². The van der Waals surface area contributed by atoms with Gasteiger partial charge >= 0.3 is 23.2 Å². The van der Waals surface area contributed by atoms with E-state index < -0.39 is 65.0 Å². The predicted molar refractivity (Wildman–Crippen MR) is 134 cm³/mol. The number of carbonyl (C=O) groups excluding carboxylic acids is 5. The van der Waals surface area contributed by atoms with Gasteiger partial charge in [-0.2, -0.15) is 0 Å². The van der Waals surface area contributed by atoms with Crippen LogP contribution in [0.25, 0.3) is 0 Å². The summed E-state index contributed by atoms with van der Waals surface area (Å²) < 4.78 is 32.9. The van der Waals surface area contributed by atoms with E-state index in [1.54, 1.807) is 30.3 Å². The average Bonchev–Trinajstić information content (AvgIpc) is 2.83. The van der Waals surface area contributed by atoms with Crippen LogP contribution in [0.5, 0.6) is 5.75 Å². The second-order valence-corrected chi connectivity index (χ2v) is 9.28. The summed E-state index contributed by atoms with van der Waals surface area (Å²) in [7, 11) is 0. The highest BCUT2D eigenvalue weighted by atomic mass is 32.2. The van der Waals surface area contributed by atoms with Gasteiger partial charge in [-0.3, -0.25) is 19.2 Å². The van der Waals surface area contributed by atoms with Gasteiger partial charge < -0.3 is 33.7 Å². The molecule has 0 aromatic heterocycles. The van der Waals surface area contributed by atoms with E-state index in [1.165, 1.54) is 19.9 Å². The van der Waals surface area contributed by atoms with E-state index in [-0.39, 0.29) is 13.2 Å². The summed E-state index contributed by atoms with van der Waals surface area (Å²) >= 11 is 0.807. The van der Waals surface area contributed by atoms with Gasteiger partial charge in [0.2, 0.25) is 5.91 Å². The third kappa shape index (κ3) is 10.1. The number of esters is 3. The topological polar surface area (TPSA) is 153 Å². The van der Waals surface area contributed by atoms with Crippen LogP contribution in [0.1, 0.15) is 27.7 Å². The molecule has 0 bridgehead atoms. The number of thioether (sulfide) groups is 1. The Labute approximate surface area is 224 Å². The van der Waals surface area contributed by atoms with E-state index in [9.17, 15) is 24.0 Å². The summed E-state index contributed by atoms with van der Waals surface area (Å²) in [6.07, 6.45) is -3.39. The largest absolute Gasteiger partial charge is 0.463 e. The fourth-order valence-corrected chi connectivity index (χ4v) is 4.14. The maximum atomic E-state index is 12.4. The fraction of sp³-hybridized carbons (Fsp3) is 0.480. The monoisotopic (exact) mass is 553 g/mol. The van der Waals surface area contributed by atoms with E-state index in [1.807, 2.05) is 0 Å². The second-order valence-electron chi connectivity index (χ2n) is 8.11. The average molecular weight is 554 g/mol. The smallest absolute Gasteiger partial charge is 0.373 e. The molecule has 1 aliphatic rings. The van der Waals surface area contributed by atoms with Crippen molar-refractivity contribution < 1.29 is 52.4 Å². The van der Waals surface area contributed by atoms with Crippen molar-refractivity contribution >= 4 is 40.9 Å². The molecule has 0 aliphatic carbocycles. The molecule has 1 N–H and O–H groups in total. The quantitative estimate of drug-likeness (QED) is 0.243. The Morgan fingerprint density at radius 1 is 1.00 bits per heavy atom. The van der Waals surface area contributed by atoms with E-state index in [0.717, 1.165) is 25.6 Å². The first kappa shape index (κ1) is 30.8. The number of hydrogen-bond donors (Lipinski definition) is 1. The van der Waals surface area contributed by atoms with Crippen LogP contribution in [0.3, 0.4) is 0 Å². The third-order valence-electron chi connectivity index (χ3n) is 4.95. The Kier molecular flexibility index (Phi) is 12.2. The van der Waals surface area contributed by atoms with Gasteiger partial charge in [0.1, 0.15) is 24.5 Å². The zero-order valence-electron chi connectivity index (χ0n) is 21.4. The Morgan fingerprint density at radius 3 is 2.18 bits per heavy atom. The van der Waals surface area contributed by atoms with Crippen LogP contribution >= 0.6 is 11.8 Å². The van der Waals surface area contributed by atoms with Crippen molar-refractivity contribution in [2.24, 2.45) is 0 Å². The van der Waals surface area contributed by atoms with Crippen molar-refractivity contribution in [3.63, 3.8) is 0 Å². The van der Waals surface area contributed by atoms with Crippen molar-refractivity contribution in [1.82, 2.24) is 5.32 Å². The van der Waals surface area contributed by atoms with Crippen LogP contribution in [0, 0.1) is 0 Å². The molecule has 1 aromatic carbocycles. The van der Waals surface area contributed by atoms with E-state index in [2.05, 4.69) is 11.9 Å². The standard InChI is InChI=1S/C25H31NO11S/c1-6-19(38-25(31)36-18-10-8-7-9-11-18)12-33-24-21(26-14(2)27)23(35-17(5)30)22(34-16(4)29)20(37-24)13-32-15(3)28/h6-11,19-24H,1,12-13H2,2-5H3,(H,26,27)/t19?,20-,21-,22-,23-,24-/m1/s1. The Balaban J connectivity index is 2.24. The van der Waals surface area contributed by atoms with Crippen molar-refractivity contribution in [1.29, 1.82) is 0 Å². The maximum Gasteiger partial charge on any atom is 0.373 e. The number of amides is 1. The number of carbonyl (C=O) groups is 5. The highest BCUT2D eigenvalue weighted by Gasteiger charge is 2.51. The molecule has 6 atom stereocenters. The lowest BCUT2D eigenvalue weighted by molar-refractivity contribution is -0.277. The fourth-order valence-electron chi connectivity index (χ4n) is 3.51. The Bertz CT molecular complexity index is 1000. The van der Waals surface area contributed by atoms with E-state index in [0.29, 0.717) is 5.75 Å². The van der Waals surface area contributed by atoms with Gasteiger partial charge in [0.15, 0.2) is 18.5 Å². The van der Waals surface area contributed by atoms with Gasteiger partial charge in [-0.15, -0.1) is 6.58 Å². The van der Waals surface area contributed by atoms with Crippen molar-refractivity contribution in [2.45, 2.75) is 63.6 Å². The summed E-state index contributed by atoms with van der Waals surface area (Å²) in [6, 6.07) is 7.36. The number of nitrogens with one attached hydrogen (secondary N) is 1. The number of para-hydroxylation sites is 1. The first-order chi connectivity index (χ1) is 18.0.